The molecule has 0 bridgehead atoms. The van der Waals surface area contributed by atoms with Crippen LogP contribution in [-0.2, 0) is 16.1 Å². The highest BCUT2D eigenvalue weighted by Gasteiger charge is 2.27. The van der Waals surface area contributed by atoms with Crippen LogP contribution in [0.4, 0.5) is 4.39 Å². The van der Waals surface area contributed by atoms with E-state index in [1.807, 2.05) is 13.8 Å². The predicted molar refractivity (Wildman–Crippen MR) is 89.1 cm³/mol. The molecule has 5 heteroatoms. The lowest BCUT2D eigenvalue weighted by molar-refractivity contribution is -0.143. The number of rotatable bonds is 7. The first-order valence-corrected chi connectivity index (χ1v) is 8.05. The lowest BCUT2D eigenvalue weighted by atomic mass is 10.1. The molecular weight excluding hydrogens is 295 g/mol. The van der Waals surface area contributed by atoms with Crippen LogP contribution in [-0.4, -0.2) is 29.3 Å². The van der Waals surface area contributed by atoms with Crippen molar-refractivity contribution in [2.24, 2.45) is 11.8 Å². The third-order valence-corrected chi connectivity index (χ3v) is 3.57. The summed E-state index contributed by atoms with van der Waals surface area (Å²) in [5.41, 5.74) is 0.795. The van der Waals surface area contributed by atoms with Gasteiger partial charge in [-0.2, -0.15) is 0 Å². The normalized spacial score (nSPS) is 12.3. The number of nitrogens with one attached hydrogen (secondary N) is 1. The Balaban J connectivity index is 2.89. The summed E-state index contributed by atoms with van der Waals surface area (Å²) in [6.07, 6.45) is 0. The molecule has 0 saturated heterocycles. The molecule has 1 rings (SSSR count). The number of benzene rings is 1. The quantitative estimate of drug-likeness (QED) is 0.839. The van der Waals surface area contributed by atoms with Crippen LogP contribution in [0.2, 0.25) is 0 Å². The van der Waals surface area contributed by atoms with E-state index in [-0.39, 0.29) is 30.1 Å². The first-order valence-electron chi connectivity index (χ1n) is 8.05. The largest absolute Gasteiger partial charge is 0.354 e. The zero-order chi connectivity index (χ0) is 17.6. The van der Waals surface area contributed by atoms with Crippen molar-refractivity contribution < 1.29 is 14.0 Å². The molecule has 1 aromatic rings. The van der Waals surface area contributed by atoms with Crippen molar-refractivity contribution in [2.75, 3.05) is 6.54 Å². The molecule has 0 aliphatic rings. The van der Waals surface area contributed by atoms with E-state index >= 15 is 0 Å². The van der Waals surface area contributed by atoms with Gasteiger partial charge in [-0.1, -0.05) is 39.8 Å². The fourth-order valence-corrected chi connectivity index (χ4v) is 2.12. The Labute approximate surface area is 138 Å². The first kappa shape index (κ1) is 19.1. The van der Waals surface area contributed by atoms with Crippen LogP contribution in [0.3, 0.4) is 0 Å². The first-order chi connectivity index (χ1) is 10.7. The maximum Gasteiger partial charge on any atom is 0.242 e. The molecule has 128 valence electrons. The fourth-order valence-electron chi connectivity index (χ4n) is 2.12. The van der Waals surface area contributed by atoms with Crippen molar-refractivity contribution in [3.63, 3.8) is 0 Å². The van der Waals surface area contributed by atoms with Gasteiger partial charge in [-0.05, 0) is 30.5 Å². The summed E-state index contributed by atoms with van der Waals surface area (Å²) < 4.78 is 13.0. The van der Waals surface area contributed by atoms with Gasteiger partial charge < -0.3 is 10.2 Å². The van der Waals surface area contributed by atoms with Crippen LogP contribution >= 0.6 is 0 Å². The van der Waals surface area contributed by atoms with Gasteiger partial charge in [0.15, 0.2) is 0 Å². The summed E-state index contributed by atoms with van der Waals surface area (Å²) in [5, 5.41) is 2.86. The van der Waals surface area contributed by atoms with Gasteiger partial charge in [-0.15, -0.1) is 0 Å². The molecule has 2 amide bonds. The number of hydrogen-bond donors (Lipinski definition) is 1. The summed E-state index contributed by atoms with van der Waals surface area (Å²) in [4.78, 5) is 26.3. The number of nitrogens with zero attached hydrogens (tertiary/aromatic N) is 1. The predicted octanol–water partition coefficient (Wildman–Crippen LogP) is 2.97. The Morgan fingerprint density at radius 3 is 2.13 bits per heavy atom. The molecule has 0 saturated carbocycles. The van der Waals surface area contributed by atoms with E-state index in [4.69, 9.17) is 0 Å². The van der Waals surface area contributed by atoms with Crippen LogP contribution < -0.4 is 5.32 Å². The number of carbonyl (C=O) groups excluding carboxylic acids is 2. The molecular formula is C18H27FN2O2. The van der Waals surface area contributed by atoms with Gasteiger partial charge in [-0.3, -0.25) is 9.59 Å². The Kier molecular flexibility index (Phi) is 7.20. The lowest BCUT2D eigenvalue weighted by Crippen LogP contribution is -2.49. The molecule has 0 spiro atoms. The highest BCUT2D eigenvalue weighted by Crippen LogP contribution is 2.14. The summed E-state index contributed by atoms with van der Waals surface area (Å²) in [6, 6.07) is 5.41. The van der Waals surface area contributed by atoms with E-state index in [1.165, 1.54) is 12.1 Å². The molecule has 0 aromatic heterocycles. The molecule has 0 radical (unpaired) electrons. The van der Waals surface area contributed by atoms with E-state index < -0.39 is 6.04 Å². The molecule has 0 aliphatic carbocycles. The molecule has 23 heavy (non-hydrogen) atoms. The third-order valence-electron chi connectivity index (χ3n) is 3.57. The second-order valence-corrected chi connectivity index (χ2v) is 6.56. The Bertz CT molecular complexity index is 526. The lowest BCUT2D eigenvalue weighted by Gasteiger charge is -2.30. The summed E-state index contributed by atoms with van der Waals surface area (Å²) in [7, 11) is 0. The van der Waals surface area contributed by atoms with Crippen molar-refractivity contribution >= 4 is 11.8 Å². The average molecular weight is 322 g/mol. The van der Waals surface area contributed by atoms with Gasteiger partial charge in [0, 0.05) is 19.0 Å². The van der Waals surface area contributed by atoms with Crippen LogP contribution in [0.25, 0.3) is 0 Å². The van der Waals surface area contributed by atoms with Crippen molar-refractivity contribution in [1.82, 2.24) is 10.2 Å². The van der Waals surface area contributed by atoms with Gasteiger partial charge in [-0.25, -0.2) is 4.39 Å². The van der Waals surface area contributed by atoms with Gasteiger partial charge in [0.1, 0.15) is 11.9 Å². The molecule has 0 aliphatic heterocycles. The van der Waals surface area contributed by atoms with Gasteiger partial charge in [0.25, 0.3) is 0 Å². The monoisotopic (exact) mass is 322 g/mol. The fraction of sp³-hybridized carbons (Fsp3) is 0.556. The van der Waals surface area contributed by atoms with E-state index in [2.05, 4.69) is 5.32 Å². The smallest absolute Gasteiger partial charge is 0.242 e. The van der Waals surface area contributed by atoms with Crippen molar-refractivity contribution in [3.05, 3.63) is 35.6 Å². The van der Waals surface area contributed by atoms with E-state index in [1.54, 1.807) is 37.8 Å². The Hall–Kier alpha value is -1.91. The molecule has 1 N–H and O–H groups in total. The maximum atomic E-state index is 13.0. The van der Waals surface area contributed by atoms with E-state index in [0.717, 1.165) is 5.56 Å². The molecule has 1 aromatic carbocycles. The topological polar surface area (TPSA) is 49.4 Å². The summed E-state index contributed by atoms with van der Waals surface area (Å²) in [6.45, 7) is 10.2. The zero-order valence-electron chi connectivity index (χ0n) is 14.6. The third kappa shape index (κ3) is 6.00. The highest BCUT2D eigenvalue weighted by atomic mass is 19.1. The van der Waals surface area contributed by atoms with Crippen molar-refractivity contribution in [3.8, 4) is 0 Å². The van der Waals surface area contributed by atoms with Crippen LogP contribution in [0.5, 0.6) is 0 Å². The van der Waals surface area contributed by atoms with Crippen LogP contribution in [0, 0.1) is 17.7 Å². The molecule has 4 nitrogen and oxygen atoms in total. The summed E-state index contributed by atoms with van der Waals surface area (Å²) in [5.74, 6) is -0.456. The Morgan fingerprint density at radius 2 is 1.65 bits per heavy atom. The van der Waals surface area contributed by atoms with Crippen LogP contribution in [0.1, 0.15) is 40.2 Å². The number of halogens is 1. The highest BCUT2D eigenvalue weighted by molar-refractivity contribution is 5.88. The van der Waals surface area contributed by atoms with Crippen molar-refractivity contribution in [2.45, 2.75) is 47.2 Å². The number of hydrogen-bond acceptors (Lipinski definition) is 2. The average Bonchev–Trinajstić information content (AvgIpc) is 2.50. The molecule has 0 heterocycles. The van der Waals surface area contributed by atoms with Gasteiger partial charge >= 0.3 is 0 Å². The molecule has 1 atom stereocenters. The van der Waals surface area contributed by atoms with E-state index in [0.29, 0.717) is 12.5 Å². The number of carbonyl (C=O) groups is 2. The Morgan fingerprint density at radius 1 is 1.09 bits per heavy atom. The molecule has 0 fully saturated rings. The van der Waals surface area contributed by atoms with Crippen LogP contribution in [0.15, 0.2) is 24.3 Å². The minimum absolute atomic E-state index is 0.0958. The maximum absolute atomic E-state index is 13.0. The SMILES string of the molecule is CC(C)CNC(=O)[C@H](C)N(Cc1ccc(F)cc1)C(=O)C(C)C. The van der Waals surface area contributed by atoms with Crippen molar-refractivity contribution in [1.29, 1.82) is 0 Å². The van der Waals surface area contributed by atoms with E-state index in [9.17, 15) is 14.0 Å². The van der Waals surface area contributed by atoms with Gasteiger partial charge in [0.05, 0.1) is 0 Å². The minimum Gasteiger partial charge on any atom is -0.354 e. The second-order valence-electron chi connectivity index (χ2n) is 6.56. The summed E-state index contributed by atoms with van der Waals surface area (Å²) >= 11 is 0. The standard InChI is InChI=1S/C18H27FN2O2/c1-12(2)10-20-17(22)14(5)21(18(23)13(3)4)11-15-6-8-16(19)9-7-15/h6-9,12-14H,10-11H2,1-5H3,(H,20,22)/t14-/m0/s1. The minimum atomic E-state index is -0.575. The van der Waals surface area contributed by atoms with Gasteiger partial charge in [0.2, 0.25) is 11.8 Å². The molecule has 0 unspecified atom stereocenters. The second kappa shape index (κ2) is 8.65. The number of amides is 2. The zero-order valence-corrected chi connectivity index (χ0v) is 14.6.